The van der Waals surface area contributed by atoms with Gasteiger partial charge >= 0.3 is 0 Å². The summed E-state index contributed by atoms with van der Waals surface area (Å²) in [4.78, 5) is 13.8. The SMILES string of the molecule is CCC(C)(C)C(=O)N(C)C1CNC1. The van der Waals surface area contributed by atoms with Crippen LogP contribution in [-0.2, 0) is 4.79 Å². The summed E-state index contributed by atoms with van der Waals surface area (Å²) in [6.45, 7) is 7.98. The lowest BCUT2D eigenvalue weighted by molar-refractivity contribution is -0.142. The molecule has 1 heterocycles. The van der Waals surface area contributed by atoms with E-state index < -0.39 is 0 Å². The van der Waals surface area contributed by atoms with E-state index in [1.54, 1.807) is 0 Å². The van der Waals surface area contributed by atoms with Crippen molar-refractivity contribution in [1.29, 1.82) is 0 Å². The zero-order valence-corrected chi connectivity index (χ0v) is 9.05. The maximum Gasteiger partial charge on any atom is 0.228 e. The molecule has 1 rings (SSSR count). The number of carbonyl (C=O) groups is 1. The summed E-state index contributed by atoms with van der Waals surface area (Å²) < 4.78 is 0. The molecule has 1 aliphatic rings. The van der Waals surface area contributed by atoms with Crippen molar-refractivity contribution in [3.63, 3.8) is 0 Å². The molecule has 0 aromatic rings. The summed E-state index contributed by atoms with van der Waals surface area (Å²) in [7, 11) is 1.91. The van der Waals surface area contributed by atoms with Crippen molar-refractivity contribution < 1.29 is 4.79 Å². The average molecular weight is 184 g/mol. The van der Waals surface area contributed by atoms with Gasteiger partial charge in [-0.25, -0.2) is 0 Å². The summed E-state index contributed by atoms with van der Waals surface area (Å²) in [6, 6.07) is 0.415. The van der Waals surface area contributed by atoms with Crippen LogP contribution in [0.15, 0.2) is 0 Å². The van der Waals surface area contributed by atoms with Gasteiger partial charge in [0, 0.05) is 25.6 Å². The van der Waals surface area contributed by atoms with Crippen LogP contribution >= 0.6 is 0 Å². The van der Waals surface area contributed by atoms with E-state index in [9.17, 15) is 4.79 Å². The molecule has 0 aliphatic carbocycles. The minimum atomic E-state index is -0.204. The molecule has 3 heteroatoms. The zero-order chi connectivity index (χ0) is 10.1. The van der Waals surface area contributed by atoms with Crippen molar-refractivity contribution in [1.82, 2.24) is 10.2 Å². The second kappa shape index (κ2) is 3.66. The molecule has 0 aromatic heterocycles. The highest BCUT2D eigenvalue weighted by atomic mass is 16.2. The number of hydrogen-bond donors (Lipinski definition) is 1. The third-order valence-electron chi connectivity index (χ3n) is 3.09. The maximum absolute atomic E-state index is 11.9. The minimum Gasteiger partial charge on any atom is -0.340 e. The van der Waals surface area contributed by atoms with Crippen LogP contribution in [0.4, 0.5) is 0 Å². The molecule has 0 unspecified atom stereocenters. The lowest BCUT2D eigenvalue weighted by Gasteiger charge is -2.39. The Hall–Kier alpha value is -0.570. The third-order valence-corrected chi connectivity index (χ3v) is 3.09. The number of nitrogens with zero attached hydrogens (tertiary/aromatic N) is 1. The van der Waals surface area contributed by atoms with Crippen molar-refractivity contribution in [2.45, 2.75) is 33.2 Å². The second-order valence-corrected chi connectivity index (χ2v) is 4.47. The number of rotatable bonds is 3. The van der Waals surface area contributed by atoms with Crippen LogP contribution in [0, 0.1) is 5.41 Å². The molecule has 0 saturated carbocycles. The predicted octanol–water partition coefficient (Wildman–Crippen LogP) is 0.853. The van der Waals surface area contributed by atoms with Gasteiger partial charge in [-0.1, -0.05) is 20.8 Å². The largest absolute Gasteiger partial charge is 0.340 e. The van der Waals surface area contributed by atoms with Crippen LogP contribution in [0.2, 0.25) is 0 Å². The van der Waals surface area contributed by atoms with Gasteiger partial charge < -0.3 is 10.2 Å². The fourth-order valence-electron chi connectivity index (χ4n) is 1.34. The van der Waals surface area contributed by atoms with Gasteiger partial charge in [-0.2, -0.15) is 0 Å². The molecule has 0 bridgehead atoms. The molecule has 76 valence electrons. The number of amides is 1. The standard InChI is InChI=1S/C10H20N2O/c1-5-10(2,3)9(13)12(4)8-6-11-7-8/h8,11H,5-7H2,1-4H3. The zero-order valence-electron chi connectivity index (χ0n) is 9.05. The number of nitrogens with one attached hydrogen (secondary N) is 1. The summed E-state index contributed by atoms with van der Waals surface area (Å²) in [5.41, 5.74) is -0.204. The minimum absolute atomic E-state index is 0.204. The van der Waals surface area contributed by atoms with E-state index in [1.807, 2.05) is 25.8 Å². The van der Waals surface area contributed by atoms with E-state index in [2.05, 4.69) is 12.2 Å². The number of likely N-dealkylation sites (N-methyl/N-ethyl adjacent to an activating group) is 1. The summed E-state index contributed by atoms with van der Waals surface area (Å²) in [5.74, 6) is 0.265. The first-order chi connectivity index (χ1) is 5.99. The van der Waals surface area contributed by atoms with E-state index in [1.165, 1.54) is 0 Å². The molecule has 1 amide bonds. The average Bonchev–Trinajstić information content (AvgIpc) is 1.99. The van der Waals surface area contributed by atoms with Crippen molar-refractivity contribution in [3.8, 4) is 0 Å². The van der Waals surface area contributed by atoms with E-state index in [0.29, 0.717) is 6.04 Å². The first kappa shape index (κ1) is 10.5. The molecular formula is C10H20N2O. The van der Waals surface area contributed by atoms with E-state index >= 15 is 0 Å². The van der Waals surface area contributed by atoms with Gasteiger partial charge in [0.1, 0.15) is 0 Å². The molecular weight excluding hydrogens is 164 g/mol. The fourth-order valence-corrected chi connectivity index (χ4v) is 1.34. The summed E-state index contributed by atoms with van der Waals surface area (Å²) in [5, 5.41) is 3.17. The smallest absolute Gasteiger partial charge is 0.228 e. The normalized spacial score (nSPS) is 18.2. The Morgan fingerprint density at radius 2 is 2.08 bits per heavy atom. The Morgan fingerprint density at radius 1 is 1.54 bits per heavy atom. The van der Waals surface area contributed by atoms with E-state index in [-0.39, 0.29) is 11.3 Å². The van der Waals surface area contributed by atoms with Gasteiger partial charge in [0.05, 0.1) is 6.04 Å². The lowest BCUT2D eigenvalue weighted by atomic mass is 9.88. The third kappa shape index (κ3) is 2.02. The van der Waals surface area contributed by atoms with Gasteiger partial charge in [0.2, 0.25) is 5.91 Å². The van der Waals surface area contributed by atoms with Gasteiger partial charge in [-0.3, -0.25) is 4.79 Å². The van der Waals surface area contributed by atoms with Crippen LogP contribution in [0.1, 0.15) is 27.2 Å². The van der Waals surface area contributed by atoms with E-state index in [0.717, 1.165) is 19.5 Å². The van der Waals surface area contributed by atoms with Crippen LogP contribution in [-0.4, -0.2) is 37.0 Å². The Labute approximate surface area is 80.5 Å². The Morgan fingerprint density at radius 3 is 2.38 bits per heavy atom. The second-order valence-electron chi connectivity index (χ2n) is 4.47. The molecule has 1 fully saturated rings. The van der Waals surface area contributed by atoms with Gasteiger partial charge in [-0.15, -0.1) is 0 Å². The highest BCUT2D eigenvalue weighted by Crippen LogP contribution is 2.23. The van der Waals surface area contributed by atoms with Crippen molar-refractivity contribution in [2.24, 2.45) is 5.41 Å². The summed E-state index contributed by atoms with van der Waals surface area (Å²) >= 11 is 0. The van der Waals surface area contributed by atoms with Crippen LogP contribution in [0.3, 0.4) is 0 Å². The Balaban J connectivity index is 2.55. The van der Waals surface area contributed by atoms with Gasteiger partial charge in [-0.05, 0) is 6.42 Å². The monoisotopic (exact) mass is 184 g/mol. The molecule has 3 nitrogen and oxygen atoms in total. The van der Waals surface area contributed by atoms with Crippen molar-refractivity contribution >= 4 is 5.91 Å². The predicted molar refractivity (Wildman–Crippen MR) is 53.5 cm³/mol. The molecule has 1 N–H and O–H groups in total. The van der Waals surface area contributed by atoms with Crippen molar-refractivity contribution in [2.75, 3.05) is 20.1 Å². The lowest BCUT2D eigenvalue weighted by Crippen LogP contribution is -2.59. The van der Waals surface area contributed by atoms with Gasteiger partial charge in [0.25, 0.3) is 0 Å². The van der Waals surface area contributed by atoms with E-state index in [4.69, 9.17) is 0 Å². The first-order valence-corrected chi connectivity index (χ1v) is 4.97. The molecule has 1 saturated heterocycles. The Kier molecular flexibility index (Phi) is 2.96. The number of carbonyl (C=O) groups excluding carboxylic acids is 1. The fraction of sp³-hybridized carbons (Fsp3) is 0.900. The summed E-state index contributed by atoms with van der Waals surface area (Å²) in [6.07, 6.45) is 0.899. The van der Waals surface area contributed by atoms with Crippen LogP contribution in [0.5, 0.6) is 0 Å². The molecule has 0 atom stereocenters. The van der Waals surface area contributed by atoms with Crippen LogP contribution < -0.4 is 5.32 Å². The molecule has 0 spiro atoms. The van der Waals surface area contributed by atoms with Gasteiger partial charge in [0.15, 0.2) is 0 Å². The highest BCUT2D eigenvalue weighted by Gasteiger charge is 2.33. The maximum atomic E-state index is 11.9. The first-order valence-electron chi connectivity index (χ1n) is 4.97. The quantitative estimate of drug-likeness (QED) is 0.705. The molecule has 13 heavy (non-hydrogen) atoms. The topological polar surface area (TPSA) is 32.3 Å². The van der Waals surface area contributed by atoms with Crippen molar-refractivity contribution in [3.05, 3.63) is 0 Å². The van der Waals surface area contributed by atoms with Crippen LogP contribution in [0.25, 0.3) is 0 Å². The highest BCUT2D eigenvalue weighted by molar-refractivity contribution is 5.82. The number of hydrogen-bond acceptors (Lipinski definition) is 2. The molecule has 0 radical (unpaired) electrons. The molecule has 0 aromatic carbocycles. The Bertz CT molecular complexity index is 197. The molecule has 1 aliphatic heterocycles.